The van der Waals surface area contributed by atoms with Crippen molar-refractivity contribution in [2.45, 2.75) is 0 Å². The van der Waals surface area contributed by atoms with Gasteiger partial charge in [-0.25, -0.2) is 0 Å². The Bertz CT molecular complexity index is 1060. The third-order valence-electron chi connectivity index (χ3n) is 3.98. The van der Waals surface area contributed by atoms with Gasteiger partial charge in [0.15, 0.2) is 0 Å². The summed E-state index contributed by atoms with van der Waals surface area (Å²) >= 11 is 0. The van der Waals surface area contributed by atoms with Crippen LogP contribution in [0.1, 0.15) is 10.4 Å². The maximum atomic E-state index is 12.3. The summed E-state index contributed by atoms with van der Waals surface area (Å²) < 4.78 is 5.16. The lowest BCUT2D eigenvalue weighted by atomic mass is 10.2. The number of hydrogen-bond donors (Lipinski definition) is 1. The maximum Gasteiger partial charge on any atom is 0.255 e. The molecule has 0 saturated heterocycles. The molecule has 6 heteroatoms. The zero-order valence-electron chi connectivity index (χ0n) is 14.1. The van der Waals surface area contributed by atoms with Gasteiger partial charge in [-0.2, -0.15) is 4.80 Å². The third-order valence-corrected chi connectivity index (χ3v) is 3.98. The lowest BCUT2D eigenvalue weighted by Crippen LogP contribution is -2.11. The molecular weight excluding hydrogens is 328 g/mol. The zero-order chi connectivity index (χ0) is 17.9. The summed E-state index contributed by atoms with van der Waals surface area (Å²) in [4.78, 5) is 13.8. The Balaban J connectivity index is 1.60. The molecule has 0 aliphatic carbocycles. The molecule has 0 spiro atoms. The zero-order valence-corrected chi connectivity index (χ0v) is 14.1. The van der Waals surface area contributed by atoms with Crippen LogP contribution in [0, 0.1) is 0 Å². The van der Waals surface area contributed by atoms with Crippen LogP contribution in [0.15, 0.2) is 72.8 Å². The number of amides is 1. The van der Waals surface area contributed by atoms with Crippen molar-refractivity contribution < 1.29 is 9.53 Å². The van der Waals surface area contributed by atoms with Crippen LogP contribution < -0.4 is 10.1 Å². The fourth-order valence-electron chi connectivity index (χ4n) is 2.62. The van der Waals surface area contributed by atoms with Gasteiger partial charge in [0, 0.05) is 11.3 Å². The van der Waals surface area contributed by atoms with Gasteiger partial charge in [-0.15, -0.1) is 10.2 Å². The molecule has 0 unspecified atom stereocenters. The van der Waals surface area contributed by atoms with Crippen LogP contribution in [0.4, 0.5) is 5.69 Å². The number of hydrogen-bond acceptors (Lipinski definition) is 4. The van der Waals surface area contributed by atoms with Gasteiger partial charge in [0.1, 0.15) is 16.8 Å². The topological polar surface area (TPSA) is 69.0 Å². The normalized spacial score (nSPS) is 10.7. The number of carbonyl (C=O) groups excluding carboxylic acids is 1. The smallest absolute Gasteiger partial charge is 0.255 e. The van der Waals surface area contributed by atoms with Crippen LogP contribution >= 0.6 is 0 Å². The maximum absolute atomic E-state index is 12.3. The van der Waals surface area contributed by atoms with E-state index in [9.17, 15) is 4.79 Å². The van der Waals surface area contributed by atoms with Crippen molar-refractivity contribution in [3.05, 3.63) is 78.4 Å². The van der Waals surface area contributed by atoms with Crippen molar-refractivity contribution in [3.8, 4) is 11.4 Å². The van der Waals surface area contributed by atoms with Crippen molar-refractivity contribution in [1.29, 1.82) is 0 Å². The average Bonchev–Trinajstić information content (AvgIpc) is 3.12. The molecule has 6 nitrogen and oxygen atoms in total. The highest BCUT2D eigenvalue weighted by Gasteiger charge is 2.09. The molecule has 0 aliphatic heterocycles. The Morgan fingerprint density at radius 2 is 1.65 bits per heavy atom. The molecule has 0 saturated carbocycles. The molecule has 1 aromatic heterocycles. The van der Waals surface area contributed by atoms with Gasteiger partial charge in [0.05, 0.1) is 12.8 Å². The molecule has 1 N–H and O–H groups in total. The first-order valence-corrected chi connectivity index (χ1v) is 8.11. The van der Waals surface area contributed by atoms with Gasteiger partial charge >= 0.3 is 0 Å². The molecule has 4 rings (SSSR count). The second-order valence-electron chi connectivity index (χ2n) is 5.71. The molecule has 26 heavy (non-hydrogen) atoms. The molecular formula is C20H16N4O2. The summed E-state index contributed by atoms with van der Waals surface area (Å²) in [7, 11) is 1.63. The van der Waals surface area contributed by atoms with Crippen LogP contribution in [0.5, 0.6) is 5.75 Å². The summed E-state index contributed by atoms with van der Waals surface area (Å²) in [6.07, 6.45) is 0. The highest BCUT2D eigenvalue weighted by atomic mass is 16.5. The third kappa shape index (κ3) is 3.12. The second-order valence-corrected chi connectivity index (χ2v) is 5.71. The Morgan fingerprint density at radius 1 is 0.923 bits per heavy atom. The number of benzene rings is 3. The minimum Gasteiger partial charge on any atom is -0.497 e. The van der Waals surface area contributed by atoms with E-state index < -0.39 is 0 Å². The molecule has 0 radical (unpaired) electrons. The number of nitrogens with one attached hydrogen (secondary N) is 1. The van der Waals surface area contributed by atoms with E-state index in [0.717, 1.165) is 17.0 Å². The molecule has 0 atom stereocenters. The van der Waals surface area contributed by atoms with E-state index in [4.69, 9.17) is 4.74 Å². The molecule has 0 fully saturated rings. The number of aromatic nitrogens is 3. The predicted octanol–water partition coefficient (Wildman–Crippen LogP) is 3.68. The second kappa shape index (κ2) is 6.68. The number of methoxy groups -OCH3 is 1. The van der Waals surface area contributed by atoms with Crippen molar-refractivity contribution in [2.24, 2.45) is 0 Å². The molecule has 0 aliphatic rings. The Hall–Kier alpha value is -3.67. The minimum absolute atomic E-state index is 0.160. The Morgan fingerprint density at radius 3 is 2.38 bits per heavy atom. The number of fused-ring (bicyclic) bond motifs is 1. The first-order valence-electron chi connectivity index (χ1n) is 8.11. The minimum atomic E-state index is -0.160. The van der Waals surface area contributed by atoms with Crippen LogP contribution in [-0.4, -0.2) is 28.0 Å². The average molecular weight is 344 g/mol. The van der Waals surface area contributed by atoms with Crippen molar-refractivity contribution in [2.75, 3.05) is 12.4 Å². The summed E-state index contributed by atoms with van der Waals surface area (Å²) in [5.74, 6) is 0.615. The molecule has 1 heterocycles. The lowest BCUT2D eigenvalue weighted by molar-refractivity contribution is 0.102. The van der Waals surface area contributed by atoms with E-state index in [1.54, 1.807) is 24.0 Å². The van der Waals surface area contributed by atoms with E-state index in [1.807, 2.05) is 60.7 Å². The van der Waals surface area contributed by atoms with Crippen molar-refractivity contribution in [1.82, 2.24) is 15.0 Å². The van der Waals surface area contributed by atoms with Gasteiger partial charge in [-0.3, -0.25) is 4.79 Å². The monoisotopic (exact) mass is 344 g/mol. The first-order chi connectivity index (χ1) is 12.7. The van der Waals surface area contributed by atoms with E-state index in [1.165, 1.54) is 0 Å². The lowest BCUT2D eigenvalue weighted by Gasteiger charge is -2.04. The predicted molar refractivity (Wildman–Crippen MR) is 99.8 cm³/mol. The van der Waals surface area contributed by atoms with Gasteiger partial charge in [-0.1, -0.05) is 18.2 Å². The van der Waals surface area contributed by atoms with E-state index in [2.05, 4.69) is 15.5 Å². The number of carbonyl (C=O) groups is 1. The molecule has 128 valence electrons. The summed E-state index contributed by atoms with van der Waals surface area (Å²) in [5.41, 5.74) is 3.56. The molecule has 1 amide bonds. The quantitative estimate of drug-likeness (QED) is 0.613. The van der Waals surface area contributed by atoms with Gasteiger partial charge < -0.3 is 10.1 Å². The highest BCUT2D eigenvalue weighted by Crippen LogP contribution is 2.19. The van der Waals surface area contributed by atoms with E-state index in [0.29, 0.717) is 16.8 Å². The van der Waals surface area contributed by atoms with Crippen LogP contribution in [-0.2, 0) is 0 Å². The van der Waals surface area contributed by atoms with Crippen molar-refractivity contribution >= 4 is 22.6 Å². The Labute approximate surface area is 150 Å². The standard InChI is InChI=1S/C20H16N4O2/c1-26-17-10-8-16(9-11-17)24-22-18-12-7-15(13-19(18)23-24)21-20(25)14-5-3-2-4-6-14/h2-13H,1H3,(H,21,25). The number of nitrogens with zero attached hydrogens (tertiary/aromatic N) is 3. The first kappa shape index (κ1) is 15.8. The van der Waals surface area contributed by atoms with Crippen LogP contribution in [0.2, 0.25) is 0 Å². The number of ether oxygens (including phenoxy) is 1. The van der Waals surface area contributed by atoms with Crippen molar-refractivity contribution in [3.63, 3.8) is 0 Å². The van der Waals surface area contributed by atoms with Gasteiger partial charge in [0.25, 0.3) is 5.91 Å². The molecule has 3 aromatic carbocycles. The fourth-order valence-corrected chi connectivity index (χ4v) is 2.62. The Kier molecular flexibility index (Phi) is 4.07. The van der Waals surface area contributed by atoms with Crippen LogP contribution in [0.25, 0.3) is 16.7 Å². The molecule has 0 bridgehead atoms. The number of anilines is 1. The summed E-state index contributed by atoms with van der Waals surface area (Å²) in [6, 6.07) is 22.0. The SMILES string of the molecule is COc1ccc(-n2nc3ccc(NC(=O)c4ccccc4)cc3n2)cc1. The van der Waals surface area contributed by atoms with Crippen LogP contribution in [0.3, 0.4) is 0 Å². The molecule has 4 aromatic rings. The summed E-state index contributed by atoms with van der Waals surface area (Å²) in [6.45, 7) is 0. The van der Waals surface area contributed by atoms with Gasteiger partial charge in [-0.05, 0) is 54.6 Å². The highest BCUT2D eigenvalue weighted by molar-refractivity contribution is 6.04. The number of rotatable bonds is 4. The fraction of sp³-hybridized carbons (Fsp3) is 0.0500. The van der Waals surface area contributed by atoms with E-state index >= 15 is 0 Å². The van der Waals surface area contributed by atoms with E-state index in [-0.39, 0.29) is 5.91 Å². The van der Waals surface area contributed by atoms with Gasteiger partial charge in [0.2, 0.25) is 0 Å². The summed E-state index contributed by atoms with van der Waals surface area (Å²) in [5, 5.41) is 11.8. The largest absolute Gasteiger partial charge is 0.497 e.